The molecule has 0 saturated heterocycles. The Balaban J connectivity index is 2.86. The minimum Gasteiger partial charge on any atom is -0.381 e. The molecular formula is C4H13N3O. The van der Waals surface area contributed by atoms with Crippen molar-refractivity contribution in [1.29, 1.82) is 0 Å². The number of aliphatic hydroxyl groups excluding tert-OH is 1. The summed E-state index contributed by atoms with van der Waals surface area (Å²) >= 11 is 0. The van der Waals surface area contributed by atoms with E-state index in [1.165, 1.54) is 0 Å². The molecule has 0 aromatic rings. The average molecular weight is 119 g/mol. The van der Waals surface area contributed by atoms with Gasteiger partial charge in [0.1, 0.15) is 0 Å². The van der Waals surface area contributed by atoms with Gasteiger partial charge in [0.05, 0.1) is 13.4 Å². The first kappa shape index (κ1) is 7.84. The van der Waals surface area contributed by atoms with E-state index >= 15 is 0 Å². The van der Waals surface area contributed by atoms with E-state index in [2.05, 4.69) is 5.32 Å². The molecule has 8 heavy (non-hydrogen) atoms. The third-order valence-electron chi connectivity index (χ3n) is 0.767. The second-order valence-electron chi connectivity index (χ2n) is 1.61. The van der Waals surface area contributed by atoms with E-state index in [9.17, 15) is 0 Å². The van der Waals surface area contributed by atoms with Crippen molar-refractivity contribution in [1.82, 2.24) is 10.2 Å². The van der Waals surface area contributed by atoms with Crippen LogP contribution in [-0.2, 0) is 0 Å². The summed E-state index contributed by atoms with van der Waals surface area (Å²) in [6, 6.07) is 0. The van der Waals surface area contributed by atoms with E-state index in [0.29, 0.717) is 13.3 Å². The van der Waals surface area contributed by atoms with Crippen molar-refractivity contribution >= 4 is 0 Å². The molecule has 0 heterocycles. The Morgan fingerprint density at radius 1 is 1.75 bits per heavy atom. The fourth-order valence-electron chi connectivity index (χ4n) is 0.305. The van der Waals surface area contributed by atoms with Crippen molar-refractivity contribution in [3.8, 4) is 0 Å². The summed E-state index contributed by atoms with van der Waals surface area (Å²) < 4.78 is 0. The third-order valence-corrected chi connectivity index (χ3v) is 0.767. The Labute approximate surface area is 49.3 Å². The van der Waals surface area contributed by atoms with E-state index in [4.69, 9.17) is 10.8 Å². The van der Waals surface area contributed by atoms with Crippen LogP contribution >= 0.6 is 0 Å². The van der Waals surface area contributed by atoms with Crippen LogP contribution in [0.15, 0.2) is 0 Å². The normalized spacial score (nSPS) is 10.5. The molecule has 0 rings (SSSR count). The van der Waals surface area contributed by atoms with Crippen LogP contribution in [0, 0.1) is 0 Å². The Bertz CT molecular complexity index is 50.5. The molecule has 50 valence electrons. The lowest BCUT2D eigenvalue weighted by atomic mass is 10.8. The molecule has 0 atom stereocenters. The minimum atomic E-state index is 0.0625. The Morgan fingerprint density at radius 3 is 2.75 bits per heavy atom. The first-order chi connectivity index (χ1) is 3.81. The molecule has 4 N–H and O–H groups in total. The predicted octanol–water partition coefficient (Wildman–Crippen LogP) is -1.67. The highest BCUT2D eigenvalue weighted by Gasteiger charge is 1.88. The molecule has 0 radical (unpaired) electrons. The third kappa shape index (κ3) is 4.01. The SMILES string of the molecule is CN(CO)CNCN. The fraction of sp³-hybridized carbons (Fsp3) is 1.00. The Hall–Kier alpha value is -0.160. The quantitative estimate of drug-likeness (QED) is 0.387. The van der Waals surface area contributed by atoms with E-state index in [-0.39, 0.29) is 6.73 Å². The van der Waals surface area contributed by atoms with Crippen LogP contribution in [0.4, 0.5) is 0 Å². The first-order valence-corrected chi connectivity index (χ1v) is 2.51. The number of nitrogens with zero attached hydrogens (tertiary/aromatic N) is 1. The zero-order valence-electron chi connectivity index (χ0n) is 5.09. The van der Waals surface area contributed by atoms with Gasteiger partial charge in [0, 0.05) is 6.67 Å². The summed E-state index contributed by atoms with van der Waals surface area (Å²) in [7, 11) is 1.79. The summed E-state index contributed by atoms with van der Waals surface area (Å²) in [5, 5.41) is 11.2. The number of rotatable bonds is 4. The molecule has 0 unspecified atom stereocenters. The van der Waals surface area contributed by atoms with Crippen molar-refractivity contribution in [2.75, 3.05) is 27.1 Å². The van der Waals surface area contributed by atoms with Crippen LogP contribution in [0.2, 0.25) is 0 Å². The maximum Gasteiger partial charge on any atom is 0.0964 e. The first-order valence-electron chi connectivity index (χ1n) is 2.51. The van der Waals surface area contributed by atoms with Crippen LogP contribution in [-0.4, -0.2) is 37.1 Å². The van der Waals surface area contributed by atoms with Gasteiger partial charge in [-0.25, -0.2) is 0 Å². The highest BCUT2D eigenvalue weighted by Crippen LogP contribution is 1.69. The maximum atomic E-state index is 8.41. The van der Waals surface area contributed by atoms with Crippen LogP contribution in [0.25, 0.3) is 0 Å². The predicted molar refractivity (Wildman–Crippen MR) is 31.9 cm³/mol. The Kier molecular flexibility index (Phi) is 4.89. The molecule has 4 heteroatoms. The van der Waals surface area contributed by atoms with Gasteiger partial charge in [0.2, 0.25) is 0 Å². The lowest BCUT2D eigenvalue weighted by molar-refractivity contribution is 0.125. The molecule has 0 aromatic heterocycles. The zero-order valence-corrected chi connectivity index (χ0v) is 5.09. The molecule has 0 aliphatic carbocycles. The van der Waals surface area contributed by atoms with Crippen LogP contribution < -0.4 is 11.1 Å². The van der Waals surface area contributed by atoms with Gasteiger partial charge in [-0.1, -0.05) is 0 Å². The zero-order chi connectivity index (χ0) is 6.41. The van der Waals surface area contributed by atoms with E-state index in [1.807, 2.05) is 0 Å². The summed E-state index contributed by atoms with van der Waals surface area (Å²) in [6.07, 6.45) is 0. The summed E-state index contributed by atoms with van der Waals surface area (Å²) in [5.41, 5.74) is 5.11. The molecule has 0 bridgehead atoms. The summed E-state index contributed by atoms with van der Waals surface area (Å²) in [6.45, 7) is 1.14. The van der Waals surface area contributed by atoms with Crippen LogP contribution in [0.5, 0.6) is 0 Å². The molecule has 0 aliphatic rings. The van der Waals surface area contributed by atoms with Gasteiger partial charge in [0.25, 0.3) is 0 Å². The summed E-state index contributed by atoms with van der Waals surface area (Å²) in [5.74, 6) is 0. The largest absolute Gasteiger partial charge is 0.381 e. The second kappa shape index (κ2) is 4.99. The van der Waals surface area contributed by atoms with Gasteiger partial charge >= 0.3 is 0 Å². The summed E-state index contributed by atoms with van der Waals surface area (Å²) in [4.78, 5) is 1.70. The van der Waals surface area contributed by atoms with Gasteiger partial charge in [0.15, 0.2) is 0 Å². The molecular weight excluding hydrogens is 106 g/mol. The smallest absolute Gasteiger partial charge is 0.0964 e. The number of hydrogen-bond acceptors (Lipinski definition) is 4. The molecule has 0 spiro atoms. The fourth-order valence-corrected chi connectivity index (χ4v) is 0.305. The van der Waals surface area contributed by atoms with Crippen molar-refractivity contribution in [2.45, 2.75) is 0 Å². The molecule has 0 amide bonds. The highest BCUT2D eigenvalue weighted by molar-refractivity contribution is 4.37. The monoisotopic (exact) mass is 119 g/mol. The van der Waals surface area contributed by atoms with Crippen LogP contribution in [0.3, 0.4) is 0 Å². The van der Waals surface area contributed by atoms with E-state index in [1.54, 1.807) is 11.9 Å². The Morgan fingerprint density at radius 2 is 2.38 bits per heavy atom. The second-order valence-corrected chi connectivity index (χ2v) is 1.61. The lowest BCUT2D eigenvalue weighted by Crippen LogP contribution is -2.34. The van der Waals surface area contributed by atoms with Gasteiger partial charge < -0.3 is 10.8 Å². The van der Waals surface area contributed by atoms with E-state index < -0.39 is 0 Å². The van der Waals surface area contributed by atoms with Gasteiger partial charge in [-0.2, -0.15) is 0 Å². The van der Waals surface area contributed by atoms with Crippen molar-refractivity contribution < 1.29 is 5.11 Å². The van der Waals surface area contributed by atoms with Crippen molar-refractivity contribution in [3.05, 3.63) is 0 Å². The topological polar surface area (TPSA) is 61.5 Å². The van der Waals surface area contributed by atoms with Gasteiger partial charge in [-0.05, 0) is 7.05 Å². The molecule has 0 aliphatic heterocycles. The minimum absolute atomic E-state index is 0.0625. The van der Waals surface area contributed by atoms with Gasteiger partial charge in [-0.3, -0.25) is 10.2 Å². The number of aliphatic hydroxyl groups is 1. The standard InChI is InChI=1S/C4H13N3O/c1-7(4-8)3-6-2-5/h6,8H,2-5H2,1H3. The average Bonchev–Trinajstić information content (AvgIpc) is 1.83. The molecule has 4 nitrogen and oxygen atoms in total. The molecule has 0 saturated carbocycles. The van der Waals surface area contributed by atoms with Gasteiger partial charge in [-0.15, -0.1) is 0 Å². The molecule has 0 aromatic carbocycles. The van der Waals surface area contributed by atoms with Crippen molar-refractivity contribution in [3.63, 3.8) is 0 Å². The van der Waals surface area contributed by atoms with E-state index in [0.717, 1.165) is 0 Å². The van der Waals surface area contributed by atoms with Crippen LogP contribution in [0.1, 0.15) is 0 Å². The number of nitrogens with one attached hydrogen (secondary N) is 1. The lowest BCUT2D eigenvalue weighted by Gasteiger charge is -2.11. The maximum absolute atomic E-state index is 8.41. The number of nitrogens with two attached hydrogens (primary N) is 1. The highest BCUT2D eigenvalue weighted by atomic mass is 16.3. The van der Waals surface area contributed by atoms with Crippen molar-refractivity contribution in [2.24, 2.45) is 5.73 Å². The molecule has 0 fully saturated rings. The number of hydrogen-bond donors (Lipinski definition) is 3.